The van der Waals surface area contributed by atoms with Gasteiger partial charge in [-0.05, 0) is 12.1 Å². The highest BCUT2D eigenvalue weighted by atomic mass is 16.5. The molecule has 4 nitrogen and oxygen atoms in total. The molecule has 2 aliphatic heterocycles. The fourth-order valence-electron chi connectivity index (χ4n) is 1.90. The molecule has 15 heavy (non-hydrogen) atoms. The summed E-state index contributed by atoms with van der Waals surface area (Å²) in [6.45, 7) is 1.72. The van der Waals surface area contributed by atoms with E-state index in [0.717, 1.165) is 24.5 Å². The third-order valence-electron chi connectivity index (χ3n) is 2.90. The van der Waals surface area contributed by atoms with Crippen molar-refractivity contribution < 1.29 is 9.53 Å². The van der Waals surface area contributed by atoms with Crippen LogP contribution in [0.3, 0.4) is 0 Å². The molecule has 78 valence electrons. The first-order valence-corrected chi connectivity index (χ1v) is 5.12. The smallest absolute Gasteiger partial charge is 0.265 e. The molecule has 0 saturated carbocycles. The summed E-state index contributed by atoms with van der Waals surface area (Å²) in [5, 5.41) is 6.01. The summed E-state index contributed by atoms with van der Waals surface area (Å²) >= 11 is 0. The highest BCUT2D eigenvalue weighted by Crippen LogP contribution is 2.31. The molecule has 1 saturated heterocycles. The predicted octanol–water partition coefficient (Wildman–Crippen LogP) is 0.605. The summed E-state index contributed by atoms with van der Waals surface area (Å²) < 4.78 is 5.70. The molecular weight excluding hydrogens is 192 g/mol. The van der Waals surface area contributed by atoms with Crippen LogP contribution >= 0.6 is 0 Å². The van der Waals surface area contributed by atoms with Gasteiger partial charge >= 0.3 is 0 Å². The summed E-state index contributed by atoms with van der Waals surface area (Å²) in [7, 11) is 0. The molecule has 4 heteroatoms. The predicted molar refractivity (Wildman–Crippen MR) is 55.8 cm³/mol. The lowest BCUT2D eigenvalue weighted by Gasteiger charge is -2.36. The minimum Gasteiger partial charge on any atom is -0.478 e. The summed E-state index contributed by atoms with van der Waals surface area (Å²) in [5.41, 5.74) is 0.769. The molecule has 2 N–H and O–H groups in total. The minimum absolute atomic E-state index is 0.0276. The van der Waals surface area contributed by atoms with Gasteiger partial charge < -0.3 is 15.4 Å². The van der Waals surface area contributed by atoms with E-state index in [2.05, 4.69) is 10.6 Å². The number of nitrogens with one attached hydrogen (secondary N) is 2. The van der Waals surface area contributed by atoms with Crippen LogP contribution in [0.1, 0.15) is 0 Å². The van der Waals surface area contributed by atoms with Crippen LogP contribution < -0.4 is 15.4 Å². The van der Waals surface area contributed by atoms with Crippen LogP contribution in [0.2, 0.25) is 0 Å². The number of carbonyl (C=O) groups excluding carboxylic acids is 1. The second kappa shape index (κ2) is 3.24. The van der Waals surface area contributed by atoms with Crippen LogP contribution in [-0.2, 0) is 4.79 Å². The fraction of sp³-hybridized carbons (Fsp3) is 0.364. The van der Waals surface area contributed by atoms with Gasteiger partial charge in [-0.15, -0.1) is 0 Å². The van der Waals surface area contributed by atoms with Crippen LogP contribution in [0.5, 0.6) is 5.75 Å². The largest absolute Gasteiger partial charge is 0.478 e. The summed E-state index contributed by atoms with van der Waals surface area (Å²) in [6.07, 6.45) is -0.332. The van der Waals surface area contributed by atoms with E-state index in [9.17, 15) is 4.79 Å². The molecule has 2 aliphatic rings. The molecule has 1 atom stereocenters. The van der Waals surface area contributed by atoms with E-state index in [4.69, 9.17) is 4.74 Å². The van der Waals surface area contributed by atoms with Crippen molar-refractivity contribution in [3.63, 3.8) is 0 Å². The van der Waals surface area contributed by atoms with Crippen molar-refractivity contribution in [1.29, 1.82) is 0 Å². The van der Waals surface area contributed by atoms with Crippen molar-refractivity contribution in [2.45, 2.75) is 6.10 Å². The molecule has 1 fully saturated rings. The van der Waals surface area contributed by atoms with Gasteiger partial charge in [0.05, 0.1) is 5.69 Å². The standard InChI is InChI=1S/C11H12N2O2/c14-11-10(7-5-12-6-7)15-9-4-2-1-3-8(9)13-11/h1-4,7,10,12H,5-6H2,(H,13,14). The second-order valence-corrected chi connectivity index (χ2v) is 3.94. The molecule has 0 radical (unpaired) electrons. The highest BCUT2D eigenvalue weighted by Gasteiger charge is 2.37. The van der Waals surface area contributed by atoms with Gasteiger partial charge in [-0.1, -0.05) is 12.1 Å². The van der Waals surface area contributed by atoms with Gasteiger partial charge in [-0.2, -0.15) is 0 Å². The topological polar surface area (TPSA) is 50.4 Å². The molecule has 1 amide bonds. The van der Waals surface area contributed by atoms with Crippen LogP contribution in [0, 0.1) is 5.92 Å². The highest BCUT2D eigenvalue weighted by molar-refractivity contribution is 5.98. The Morgan fingerprint density at radius 1 is 1.27 bits per heavy atom. The van der Waals surface area contributed by atoms with E-state index in [0.29, 0.717) is 5.92 Å². The first-order chi connectivity index (χ1) is 7.34. The zero-order chi connectivity index (χ0) is 10.3. The Bertz CT molecular complexity index is 401. The third-order valence-corrected chi connectivity index (χ3v) is 2.90. The number of fused-ring (bicyclic) bond motifs is 1. The fourth-order valence-corrected chi connectivity index (χ4v) is 1.90. The molecular formula is C11H12N2O2. The lowest BCUT2D eigenvalue weighted by molar-refractivity contribution is -0.126. The molecule has 0 aliphatic carbocycles. The molecule has 0 bridgehead atoms. The first-order valence-electron chi connectivity index (χ1n) is 5.12. The van der Waals surface area contributed by atoms with Crippen molar-refractivity contribution in [3.8, 4) is 5.75 Å². The Labute approximate surface area is 87.6 Å². The Kier molecular flexibility index (Phi) is 1.89. The van der Waals surface area contributed by atoms with Crippen LogP contribution in [-0.4, -0.2) is 25.1 Å². The molecule has 2 heterocycles. The van der Waals surface area contributed by atoms with Crippen molar-refractivity contribution in [3.05, 3.63) is 24.3 Å². The first kappa shape index (κ1) is 8.73. The lowest BCUT2D eigenvalue weighted by Crippen LogP contribution is -2.55. The van der Waals surface area contributed by atoms with Crippen LogP contribution in [0.25, 0.3) is 0 Å². The van der Waals surface area contributed by atoms with E-state index in [1.807, 2.05) is 24.3 Å². The van der Waals surface area contributed by atoms with Crippen LogP contribution in [0.15, 0.2) is 24.3 Å². The average Bonchev–Trinajstić information content (AvgIpc) is 2.16. The third kappa shape index (κ3) is 1.37. The normalized spacial score (nSPS) is 24.8. The number of benzene rings is 1. The number of carbonyl (C=O) groups is 1. The zero-order valence-electron chi connectivity index (χ0n) is 8.19. The number of ether oxygens (including phenoxy) is 1. The van der Waals surface area contributed by atoms with E-state index >= 15 is 0 Å². The van der Waals surface area contributed by atoms with Gasteiger partial charge in [0.1, 0.15) is 5.75 Å². The lowest BCUT2D eigenvalue weighted by atomic mass is 9.94. The summed E-state index contributed by atoms with van der Waals surface area (Å²) in [5.74, 6) is 1.05. The van der Waals surface area contributed by atoms with Gasteiger partial charge in [0.15, 0.2) is 6.10 Å². The molecule has 1 aromatic rings. The zero-order valence-corrected chi connectivity index (χ0v) is 8.19. The van der Waals surface area contributed by atoms with Crippen molar-refractivity contribution in [2.24, 2.45) is 5.92 Å². The molecule has 1 unspecified atom stereocenters. The molecule has 3 rings (SSSR count). The van der Waals surface area contributed by atoms with Crippen molar-refractivity contribution in [1.82, 2.24) is 5.32 Å². The maximum absolute atomic E-state index is 11.7. The molecule has 0 spiro atoms. The summed E-state index contributed by atoms with van der Waals surface area (Å²) in [4.78, 5) is 11.7. The van der Waals surface area contributed by atoms with E-state index < -0.39 is 0 Å². The number of hydrogen-bond donors (Lipinski definition) is 2. The van der Waals surface area contributed by atoms with Crippen molar-refractivity contribution in [2.75, 3.05) is 18.4 Å². The van der Waals surface area contributed by atoms with Gasteiger partial charge in [0.2, 0.25) is 0 Å². The van der Waals surface area contributed by atoms with Crippen molar-refractivity contribution >= 4 is 11.6 Å². The molecule has 0 aromatic heterocycles. The Hall–Kier alpha value is -1.55. The number of anilines is 1. The number of amides is 1. The van der Waals surface area contributed by atoms with Gasteiger partial charge in [0.25, 0.3) is 5.91 Å². The monoisotopic (exact) mass is 204 g/mol. The van der Waals surface area contributed by atoms with E-state index in [1.165, 1.54) is 0 Å². The Morgan fingerprint density at radius 3 is 2.80 bits per heavy atom. The Morgan fingerprint density at radius 2 is 2.07 bits per heavy atom. The SMILES string of the molecule is O=C1Nc2ccccc2OC1C1CNC1. The maximum atomic E-state index is 11.7. The van der Waals surface area contributed by atoms with Gasteiger partial charge in [0, 0.05) is 19.0 Å². The van der Waals surface area contributed by atoms with Crippen LogP contribution in [0.4, 0.5) is 5.69 Å². The number of rotatable bonds is 1. The second-order valence-electron chi connectivity index (χ2n) is 3.94. The van der Waals surface area contributed by atoms with Gasteiger partial charge in [-0.25, -0.2) is 0 Å². The number of para-hydroxylation sites is 2. The minimum atomic E-state index is -0.332. The van der Waals surface area contributed by atoms with E-state index in [-0.39, 0.29) is 12.0 Å². The molecule has 1 aromatic carbocycles. The summed E-state index contributed by atoms with van der Waals surface area (Å²) in [6, 6.07) is 7.52. The average molecular weight is 204 g/mol. The van der Waals surface area contributed by atoms with Gasteiger partial charge in [-0.3, -0.25) is 4.79 Å². The quantitative estimate of drug-likeness (QED) is 0.704. The maximum Gasteiger partial charge on any atom is 0.265 e. The Balaban J connectivity index is 1.88. The number of hydrogen-bond acceptors (Lipinski definition) is 3. The van der Waals surface area contributed by atoms with E-state index in [1.54, 1.807) is 0 Å².